The summed E-state index contributed by atoms with van der Waals surface area (Å²) in [6, 6.07) is 3.79. The van der Waals surface area contributed by atoms with Gasteiger partial charge in [-0.2, -0.15) is 0 Å². The first-order valence-electron chi connectivity index (χ1n) is 6.44. The van der Waals surface area contributed by atoms with E-state index in [4.69, 9.17) is 4.74 Å². The zero-order valence-corrected chi connectivity index (χ0v) is 10.7. The van der Waals surface area contributed by atoms with Crippen molar-refractivity contribution in [3.8, 4) is 0 Å². The van der Waals surface area contributed by atoms with Gasteiger partial charge in [0, 0.05) is 13.1 Å². The van der Waals surface area contributed by atoms with Crippen LogP contribution in [0.15, 0.2) is 18.3 Å². The topological polar surface area (TPSA) is 54.5 Å². The number of ether oxygens (including phenoxy) is 1. The van der Waals surface area contributed by atoms with Crippen LogP contribution in [0.5, 0.6) is 0 Å². The summed E-state index contributed by atoms with van der Waals surface area (Å²) >= 11 is 0. The summed E-state index contributed by atoms with van der Waals surface area (Å²) in [5, 5.41) is 2.58. The molecule has 0 unspecified atom stereocenters. The number of hydrogen-bond donors (Lipinski definition) is 1. The minimum atomic E-state index is -0.462. The highest BCUT2D eigenvalue weighted by Crippen LogP contribution is 2.19. The van der Waals surface area contributed by atoms with Gasteiger partial charge in [0.05, 0.1) is 18.5 Å². The fourth-order valence-corrected chi connectivity index (χ4v) is 2.07. The Morgan fingerprint density at radius 3 is 2.78 bits per heavy atom. The van der Waals surface area contributed by atoms with Gasteiger partial charge in [0.25, 0.3) is 0 Å². The van der Waals surface area contributed by atoms with Crippen LogP contribution >= 0.6 is 0 Å². The summed E-state index contributed by atoms with van der Waals surface area (Å²) < 4.78 is 4.79. The van der Waals surface area contributed by atoms with E-state index in [2.05, 4.69) is 15.2 Å². The number of carbonyl (C=O) groups is 1. The Morgan fingerprint density at radius 1 is 1.39 bits per heavy atom. The third-order valence-corrected chi connectivity index (χ3v) is 2.97. The first-order valence-corrected chi connectivity index (χ1v) is 6.44. The molecule has 1 amide bonds. The van der Waals surface area contributed by atoms with Crippen molar-refractivity contribution >= 4 is 17.6 Å². The summed E-state index contributed by atoms with van der Waals surface area (Å²) in [5.41, 5.74) is 1.11. The SMILES string of the molecule is CCOC(=O)Nc1ccc(N2CCCCC2)cn1. The molecule has 98 valence electrons. The summed E-state index contributed by atoms with van der Waals surface area (Å²) in [6.07, 6.45) is 5.13. The maximum absolute atomic E-state index is 11.2. The van der Waals surface area contributed by atoms with Crippen LogP contribution in [0.25, 0.3) is 0 Å². The van der Waals surface area contributed by atoms with Crippen molar-refractivity contribution in [2.75, 3.05) is 29.9 Å². The highest BCUT2D eigenvalue weighted by Gasteiger charge is 2.11. The lowest BCUT2D eigenvalue weighted by Gasteiger charge is -2.28. The van der Waals surface area contributed by atoms with Crippen LogP contribution in [0.3, 0.4) is 0 Å². The van der Waals surface area contributed by atoms with E-state index in [1.807, 2.05) is 6.07 Å². The third kappa shape index (κ3) is 3.35. The van der Waals surface area contributed by atoms with Crippen molar-refractivity contribution in [3.05, 3.63) is 18.3 Å². The molecule has 0 radical (unpaired) electrons. The Morgan fingerprint density at radius 2 is 2.17 bits per heavy atom. The van der Waals surface area contributed by atoms with Crippen LogP contribution in [-0.4, -0.2) is 30.8 Å². The molecule has 0 saturated carbocycles. The average molecular weight is 249 g/mol. The minimum absolute atomic E-state index is 0.359. The molecule has 18 heavy (non-hydrogen) atoms. The molecule has 1 aromatic rings. The Kier molecular flexibility index (Phi) is 4.39. The van der Waals surface area contributed by atoms with Crippen LogP contribution in [0.4, 0.5) is 16.3 Å². The van der Waals surface area contributed by atoms with Crippen LogP contribution < -0.4 is 10.2 Å². The maximum atomic E-state index is 11.2. The number of nitrogens with zero attached hydrogens (tertiary/aromatic N) is 2. The van der Waals surface area contributed by atoms with E-state index >= 15 is 0 Å². The van der Waals surface area contributed by atoms with Gasteiger partial charge < -0.3 is 9.64 Å². The van der Waals surface area contributed by atoms with Gasteiger partial charge in [-0.3, -0.25) is 5.32 Å². The fraction of sp³-hybridized carbons (Fsp3) is 0.538. The smallest absolute Gasteiger partial charge is 0.412 e. The molecule has 5 nitrogen and oxygen atoms in total. The number of hydrogen-bond acceptors (Lipinski definition) is 4. The molecule has 0 spiro atoms. The predicted octanol–water partition coefficient (Wildman–Crippen LogP) is 2.64. The summed E-state index contributed by atoms with van der Waals surface area (Å²) in [4.78, 5) is 17.8. The van der Waals surface area contributed by atoms with Crippen LogP contribution in [0.1, 0.15) is 26.2 Å². The molecule has 0 bridgehead atoms. The summed E-state index contributed by atoms with van der Waals surface area (Å²) in [5.74, 6) is 0.522. The molecule has 1 aromatic heterocycles. The van der Waals surface area contributed by atoms with Crippen molar-refractivity contribution in [2.45, 2.75) is 26.2 Å². The Bertz CT molecular complexity index is 386. The molecule has 1 saturated heterocycles. The molecule has 0 atom stereocenters. The molecule has 5 heteroatoms. The zero-order chi connectivity index (χ0) is 12.8. The van der Waals surface area contributed by atoms with E-state index in [0.717, 1.165) is 18.8 Å². The molecule has 1 aliphatic heterocycles. The number of aromatic nitrogens is 1. The van der Waals surface area contributed by atoms with Gasteiger partial charge in [0.15, 0.2) is 0 Å². The highest BCUT2D eigenvalue weighted by molar-refractivity contribution is 5.83. The monoisotopic (exact) mass is 249 g/mol. The van der Waals surface area contributed by atoms with Gasteiger partial charge in [0.1, 0.15) is 5.82 Å². The standard InChI is InChI=1S/C13H19N3O2/c1-2-18-13(17)15-12-7-6-11(10-14-12)16-8-4-3-5-9-16/h6-7,10H,2-5,8-9H2,1H3,(H,14,15,17). The Hall–Kier alpha value is -1.78. The molecule has 1 aliphatic rings. The Labute approximate surface area is 107 Å². The summed E-state index contributed by atoms with van der Waals surface area (Å²) in [6.45, 7) is 4.31. The van der Waals surface area contributed by atoms with E-state index in [0.29, 0.717) is 12.4 Å². The van der Waals surface area contributed by atoms with Gasteiger partial charge >= 0.3 is 6.09 Å². The van der Waals surface area contributed by atoms with Crippen molar-refractivity contribution < 1.29 is 9.53 Å². The molecule has 1 N–H and O–H groups in total. The summed E-state index contributed by atoms with van der Waals surface area (Å²) in [7, 11) is 0. The van der Waals surface area contributed by atoms with Crippen LogP contribution in [-0.2, 0) is 4.74 Å². The molecular formula is C13H19N3O2. The number of rotatable bonds is 3. The number of pyridine rings is 1. The molecule has 2 rings (SSSR count). The van der Waals surface area contributed by atoms with Gasteiger partial charge in [-0.15, -0.1) is 0 Å². The largest absolute Gasteiger partial charge is 0.450 e. The number of amides is 1. The zero-order valence-electron chi connectivity index (χ0n) is 10.7. The first kappa shape index (κ1) is 12.7. The van der Waals surface area contributed by atoms with Crippen molar-refractivity contribution in [3.63, 3.8) is 0 Å². The first-order chi connectivity index (χ1) is 8.79. The molecule has 1 fully saturated rings. The lowest BCUT2D eigenvalue weighted by Crippen LogP contribution is -2.29. The van der Waals surface area contributed by atoms with E-state index in [-0.39, 0.29) is 0 Å². The van der Waals surface area contributed by atoms with Crippen molar-refractivity contribution in [2.24, 2.45) is 0 Å². The van der Waals surface area contributed by atoms with Crippen LogP contribution in [0, 0.1) is 0 Å². The molecular weight excluding hydrogens is 230 g/mol. The quantitative estimate of drug-likeness (QED) is 0.894. The molecule has 0 aliphatic carbocycles. The lowest BCUT2D eigenvalue weighted by molar-refractivity contribution is 0.168. The minimum Gasteiger partial charge on any atom is -0.450 e. The van der Waals surface area contributed by atoms with Gasteiger partial charge in [-0.1, -0.05) is 0 Å². The highest BCUT2D eigenvalue weighted by atomic mass is 16.5. The molecule has 0 aromatic carbocycles. The van der Waals surface area contributed by atoms with E-state index in [1.54, 1.807) is 19.2 Å². The second kappa shape index (κ2) is 6.23. The van der Waals surface area contributed by atoms with Crippen LogP contribution in [0.2, 0.25) is 0 Å². The predicted molar refractivity (Wildman–Crippen MR) is 70.9 cm³/mol. The normalized spacial score (nSPS) is 15.3. The number of nitrogens with one attached hydrogen (secondary N) is 1. The molecule has 2 heterocycles. The van der Waals surface area contributed by atoms with Gasteiger partial charge in [0.2, 0.25) is 0 Å². The average Bonchev–Trinajstić information content (AvgIpc) is 2.41. The fourth-order valence-electron chi connectivity index (χ4n) is 2.07. The maximum Gasteiger partial charge on any atom is 0.412 e. The van der Waals surface area contributed by atoms with Gasteiger partial charge in [-0.25, -0.2) is 9.78 Å². The van der Waals surface area contributed by atoms with E-state index in [9.17, 15) is 4.79 Å². The number of anilines is 2. The van der Waals surface area contributed by atoms with E-state index in [1.165, 1.54) is 19.3 Å². The van der Waals surface area contributed by atoms with E-state index < -0.39 is 6.09 Å². The third-order valence-electron chi connectivity index (χ3n) is 2.97. The van der Waals surface area contributed by atoms with Crippen molar-refractivity contribution in [1.82, 2.24) is 4.98 Å². The second-order valence-corrected chi connectivity index (χ2v) is 4.29. The lowest BCUT2D eigenvalue weighted by atomic mass is 10.1. The second-order valence-electron chi connectivity index (χ2n) is 4.29. The van der Waals surface area contributed by atoms with Crippen molar-refractivity contribution in [1.29, 1.82) is 0 Å². The number of piperidine rings is 1. The number of carbonyl (C=O) groups excluding carboxylic acids is 1. The Balaban J connectivity index is 1.94. The van der Waals surface area contributed by atoms with Gasteiger partial charge in [-0.05, 0) is 38.3 Å².